The van der Waals surface area contributed by atoms with Crippen LogP contribution in [0.25, 0.3) is 0 Å². The predicted octanol–water partition coefficient (Wildman–Crippen LogP) is 1.90. The lowest BCUT2D eigenvalue weighted by atomic mass is 9.79. The van der Waals surface area contributed by atoms with E-state index in [4.69, 9.17) is 4.74 Å². The Hall–Kier alpha value is 0.270. The highest BCUT2D eigenvalue weighted by molar-refractivity contribution is 7.99. The van der Waals surface area contributed by atoms with Gasteiger partial charge in [-0.3, -0.25) is 0 Å². The molecule has 0 aromatic rings. The fraction of sp³-hybridized carbons (Fsp3) is 1.00. The molecule has 2 fully saturated rings. The zero-order valence-electron chi connectivity index (χ0n) is 9.05. The fourth-order valence-corrected chi connectivity index (χ4v) is 4.03. The maximum Gasteiger partial charge on any atom is 0.0647 e. The molecule has 2 saturated heterocycles. The van der Waals surface area contributed by atoms with Crippen molar-refractivity contribution in [3.05, 3.63) is 0 Å². The highest BCUT2D eigenvalue weighted by Crippen LogP contribution is 2.37. The molecule has 1 unspecified atom stereocenters. The van der Waals surface area contributed by atoms with Gasteiger partial charge in [-0.15, -0.1) is 0 Å². The third kappa shape index (κ3) is 2.10. The van der Waals surface area contributed by atoms with Crippen LogP contribution >= 0.6 is 11.8 Å². The molecule has 2 nitrogen and oxygen atoms in total. The summed E-state index contributed by atoms with van der Waals surface area (Å²) in [6.45, 7) is 2.09. The van der Waals surface area contributed by atoms with Crippen LogP contribution < -0.4 is 5.32 Å². The van der Waals surface area contributed by atoms with Crippen molar-refractivity contribution < 1.29 is 4.74 Å². The number of hydrogen-bond acceptors (Lipinski definition) is 3. The molecule has 3 heteroatoms. The molecule has 0 aromatic carbocycles. The molecule has 2 heterocycles. The third-order valence-corrected chi connectivity index (χ3v) is 4.73. The van der Waals surface area contributed by atoms with Crippen LogP contribution in [-0.2, 0) is 4.74 Å². The molecular formula is C11H21NOS. The van der Waals surface area contributed by atoms with E-state index in [0.717, 1.165) is 12.5 Å². The average molecular weight is 215 g/mol. The Bertz CT molecular complexity index is 174. The number of rotatable bonds is 3. The first-order valence-electron chi connectivity index (χ1n) is 5.69. The molecule has 1 atom stereocenters. The van der Waals surface area contributed by atoms with E-state index in [1.54, 1.807) is 0 Å². The zero-order valence-corrected chi connectivity index (χ0v) is 9.87. The van der Waals surface area contributed by atoms with Crippen LogP contribution in [0, 0.1) is 5.92 Å². The van der Waals surface area contributed by atoms with Crippen LogP contribution in [0.4, 0.5) is 0 Å². The molecule has 0 aliphatic carbocycles. The van der Waals surface area contributed by atoms with E-state index >= 15 is 0 Å². The van der Waals surface area contributed by atoms with Gasteiger partial charge in [0.25, 0.3) is 0 Å². The number of hydrogen-bond donors (Lipinski definition) is 1. The van der Waals surface area contributed by atoms with Crippen LogP contribution in [0.3, 0.4) is 0 Å². The van der Waals surface area contributed by atoms with Crippen LogP contribution in [0.15, 0.2) is 0 Å². The zero-order chi connectivity index (χ0) is 9.86. The Morgan fingerprint density at radius 3 is 2.79 bits per heavy atom. The van der Waals surface area contributed by atoms with Crippen molar-refractivity contribution in [1.82, 2.24) is 5.32 Å². The molecule has 0 radical (unpaired) electrons. The Kier molecular flexibility index (Phi) is 3.74. The molecule has 82 valence electrons. The van der Waals surface area contributed by atoms with E-state index in [-0.39, 0.29) is 0 Å². The molecule has 1 N–H and O–H groups in total. The van der Waals surface area contributed by atoms with Crippen LogP contribution in [0.2, 0.25) is 0 Å². The highest BCUT2D eigenvalue weighted by Gasteiger charge is 2.41. The second-order valence-electron chi connectivity index (χ2n) is 4.51. The Balaban J connectivity index is 2.00. The molecule has 0 spiro atoms. The number of nitrogens with one attached hydrogen (secondary N) is 1. The van der Waals surface area contributed by atoms with Crippen molar-refractivity contribution in [3.63, 3.8) is 0 Å². The van der Waals surface area contributed by atoms with Gasteiger partial charge in [-0.1, -0.05) is 0 Å². The Morgan fingerprint density at radius 1 is 1.43 bits per heavy atom. The topological polar surface area (TPSA) is 21.3 Å². The van der Waals surface area contributed by atoms with Gasteiger partial charge in [0.1, 0.15) is 0 Å². The predicted molar refractivity (Wildman–Crippen MR) is 61.9 cm³/mol. The summed E-state index contributed by atoms with van der Waals surface area (Å²) in [5.41, 5.74) is 0.329. The van der Waals surface area contributed by atoms with Gasteiger partial charge in [0.15, 0.2) is 0 Å². The van der Waals surface area contributed by atoms with Gasteiger partial charge >= 0.3 is 0 Å². The summed E-state index contributed by atoms with van der Waals surface area (Å²) in [5, 5.41) is 3.71. The van der Waals surface area contributed by atoms with Crippen molar-refractivity contribution in [2.45, 2.75) is 31.2 Å². The molecule has 2 aliphatic heterocycles. The summed E-state index contributed by atoms with van der Waals surface area (Å²) in [4.78, 5) is 0. The summed E-state index contributed by atoms with van der Waals surface area (Å²) in [5.74, 6) is 3.54. The first-order chi connectivity index (χ1) is 6.87. The van der Waals surface area contributed by atoms with Crippen molar-refractivity contribution in [3.8, 4) is 0 Å². The monoisotopic (exact) mass is 215 g/mol. The maximum absolute atomic E-state index is 5.41. The minimum absolute atomic E-state index is 0.329. The van der Waals surface area contributed by atoms with Crippen LogP contribution in [-0.4, -0.2) is 37.3 Å². The van der Waals surface area contributed by atoms with Crippen molar-refractivity contribution >= 4 is 11.8 Å². The Morgan fingerprint density at radius 2 is 2.21 bits per heavy atom. The van der Waals surface area contributed by atoms with Gasteiger partial charge < -0.3 is 10.1 Å². The summed E-state index contributed by atoms with van der Waals surface area (Å²) >= 11 is 2.11. The number of thioether (sulfide) groups is 1. The van der Waals surface area contributed by atoms with E-state index < -0.39 is 0 Å². The van der Waals surface area contributed by atoms with Crippen molar-refractivity contribution in [1.29, 1.82) is 0 Å². The minimum Gasteiger partial charge on any atom is -0.383 e. The van der Waals surface area contributed by atoms with Crippen molar-refractivity contribution in [2.75, 3.05) is 31.8 Å². The first-order valence-corrected chi connectivity index (χ1v) is 6.84. The largest absolute Gasteiger partial charge is 0.383 e. The van der Waals surface area contributed by atoms with Gasteiger partial charge in [-0.2, -0.15) is 11.8 Å². The summed E-state index contributed by atoms with van der Waals surface area (Å²) < 4.78 is 5.41. The second kappa shape index (κ2) is 4.86. The lowest BCUT2D eigenvalue weighted by Crippen LogP contribution is -2.51. The smallest absolute Gasteiger partial charge is 0.0647 e. The van der Waals surface area contributed by atoms with Gasteiger partial charge in [-0.05, 0) is 49.7 Å². The molecule has 2 rings (SSSR count). The molecular weight excluding hydrogens is 194 g/mol. The van der Waals surface area contributed by atoms with E-state index in [9.17, 15) is 0 Å². The van der Waals surface area contributed by atoms with Gasteiger partial charge in [-0.25, -0.2) is 0 Å². The molecule has 0 bridgehead atoms. The molecule has 0 saturated carbocycles. The number of ether oxygens (including phenoxy) is 1. The second-order valence-corrected chi connectivity index (χ2v) is 5.73. The van der Waals surface area contributed by atoms with Gasteiger partial charge in [0.05, 0.1) is 6.61 Å². The lowest BCUT2D eigenvalue weighted by Gasteiger charge is -2.39. The fourth-order valence-electron chi connectivity index (χ4n) is 2.93. The molecule has 2 aliphatic rings. The van der Waals surface area contributed by atoms with Crippen LogP contribution in [0.1, 0.15) is 25.7 Å². The van der Waals surface area contributed by atoms with Gasteiger partial charge in [0, 0.05) is 12.6 Å². The maximum atomic E-state index is 5.41. The van der Waals surface area contributed by atoms with E-state index in [1.165, 1.54) is 43.7 Å². The van der Waals surface area contributed by atoms with Crippen LogP contribution in [0.5, 0.6) is 0 Å². The Labute approximate surface area is 91.2 Å². The molecule has 0 amide bonds. The summed E-state index contributed by atoms with van der Waals surface area (Å²) in [6, 6.07) is 0. The molecule has 14 heavy (non-hydrogen) atoms. The summed E-state index contributed by atoms with van der Waals surface area (Å²) in [6.07, 6.45) is 5.39. The SMILES string of the molecule is COCC1(C2CCSCC2)CCCN1. The lowest BCUT2D eigenvalue weighted by molar-refractivity contribution is 0.0767. The number of methoxy groups -OCH3 is 1. The molecule has 0 aromatic heterocycles. The quantitative estimate of drug-likeness (QED) is 0.777. The van der Waals surface area contributed by atoms with E-state index in [2.05, 4.69) is 17.1 Å². The van der Waals surface area contributed by atoms with E-state index in [1.807, 2.05) is 7.11 Å². The third-order valence-electron chi connectivity index (χ3n) is 3.68. The van der Waals surface area contributed by atoms with Crippen molar-refractivity contribution in [2.24, 2.45) is 5.92 Å². The standard InChI is InChI=1S/C11H21NOS/c1-13-9-11(5-2-6-12-11)10-3-7-14-8-4-10/h10,12H,2-9H2,1H3. The van der Waals surface area contributed by atoms with Gasteiger partial charge in [0.2, 0.25) is 0 Å². The van der Waals surface area contributed by atoms with E-state index in [0.29, 0.717) is 5.54 Å². The average Bonchev–Trinajstić information content (AvgIpc) is 2.70. The first kappa shape index (κ1) is 10.8. The highest BCUT2D eigenvalue weighted by atomic mass is 32.2. The normalized spacial score (nSPS) is 34.9. The minimum atomic E-state index is 0.329. The summed E-state index contributed by atoms with van der Waals surface area (Å²) in [7, 11) is 1.83.